The lowest BCUT2D eigenvalue weighted by atomic mass is 10.2. The fourth-order valence-corrected chi connectivity index (χ4v) is 1.05. The van der Waals surface area contributed by atoms with Gasteiger partial charge in [-0.05, 0) is 15.7 Å². The molecule has 0 nitrogen and oxygen atoms in total. The lowest BCUT2D eigenvalue weighted by Gasteiger charge is -1.86. The van der Waals surface area contributed by atoms with E-state index in [-0.39, 0.29) is 0 Å². The van der Waals surface area contributed by atoms with Crippen molar-refractivity contribution in [1.82, 2.24) is 0 Å². The van der Waals surface area contributed by atoms with Crippen LogP contribution in [0.5, 0.6) is 0 Å². The van der Waals surface area contributed by atoms with E-state index in [2.05, 4.69) is 40.8 Å². The van der Waals surface area contributed by atoms with Crippen molar-refractivity contribution in [3.63, 3.8) is 0 Å². The molecule has 0 aliphatic heterocycles. The van der Waals surface area contributed by atoms with Gasteiger partial charge in [0.05, 0.1) is 0 Å². The van der Waals surface area contributed by atoms with Crippen LogP contribution in [0.15, 0.2) is 34.4 Å². The molecule has 0 amide bonds. The molecule has 0 atom stereocenters. The van der Waals surface area contributed by atoms with Crippen LogP contribution in [-0.2, 0) is 0 Å². The van der Waals surface area contributed by atoms with Gasteiger partial charge in [0, 0.05) is 0 Å². The summed E-state index contributed by atoms with van der Waals surface area (Å²) in [6.45, 7) is 0. The molecule has 0 spiro atoms. The second-order valence-electron chi connectivity index (χ2n) is 1.70. The van der Waals surface area contributed by atoms with Crippen molar-refractivity contribution in [3.8, 4) is 0 Å². The van der Waals surface area contributed by atoms with Crippen molar-refractivity contribution >= 4 is 28.7 Å². The minimum atomic E-state index is 1.26. The third-order valence-corrected chi connectivity index (χ3v) is 1.41. The molecule has 0 bridgehead atoms. The summed E-state index contributed by atoms with van der Waals surface area (Å²) in [5.41, 5.74) is 1.26. The van der Waals surface area contributed by atoms with Crippen molar-refractivity contribution in [2.75, 3.05) is 0 Å². The zero-order valence-corrected chi connectivity index (χ0v) is 7.08. The van der Waals surface area contributed by atoms with Gasteiger partial charge in [0.1, 0.15) is 0 Å². The first-order valence-corrected chi connectivity index (χ1v) is 4.00. The second kappa shape index (κ2) is 3.67. The normalized spacial score (nSPS) is 10.3. The molecule has 1 aromatic rings. The Labute approximate surface area is 68.7 Å². The molecule has 1 aromatic carbocycles. The lowest BCUT2D eigenvalue weighted by molar-refractivity contribution is 1.67. The Bertz CT molecular complexity index is 189. The van der Waals surface area contributed by atoms with Gasteiger partial charge < -0.3 is 0 Å². The smallest absolute Gasteiger partial charge is 0.0228 e. The molecule has 0 N–H and O–H groups in total. The van der Waals surface area contributed by atoms with Crippen LogP contribution in [0, 0.1) is 0 Å². The summed E-state index contributed by atoms with van der Waals surface area (Å²) in [4.78, 5) is 0. The summed E-state index contributed by atoms with van der Waals surface area (Å²) in [5, 5.41) is 0. The van der Waals surface area contributed by atoms with Gasteiger partial charge in [0.25, 0.3) is 0 Å². The van der Waals surface area contributed by atoms with Crippen LogP contribution in [0.4, 0.5) is 0 Å². The summed E-state index contributed by atoms with van der Waals surface area (Å²) >= 11 is 2.21. The molecule has 0 saturated heterocycles. The van der Waals surface area contributed by atoms with Gasteiger partial charge in [-0.1, -0.05) is 52.9 Å². The molecule has 1 rings (SSSR count). The first-order valence-electron chi connectivity index (χ1n) is 2.75. The molecular weight excluding hydrogens is 219 g/mol. The monoisotopic (exact) mass is 226 g/mol. The van der Waals surface area contributed by atoms with E-state index in [1.54, 1.807) is 0 Å². The molecule has 0 aliphatic rings. The molecule has 0 unspecified atom stereocenters. The van der Waals surface area contributed by atoms with Crippen molar-refractivity contribution in [2.45, 2.75) is 0 Å². The maximum absolute atomic E-state index is 2.21. The third-order valence-electron chi connectivity index (χ3n) is 1.06. The molecule has 0 radical (unpaired) electrons. The summed E-state index contributed by atoms with van der Waals surface area (Å²) in [5.74, 6) is 0. The van der Waals surface area contributed by atoms with Crippen LogP contribution in [-0.4, -0.2) is 0 Å². The first kappa shape index (κ1) is 6.81. The largest absolute Gasteiger partial charge is 0.0622 e. The number of halogens is 1. The predicted octanol–water partition coefficient (Wildman–Crippen LogP) is 3.09. The number of hydrogen-bond acceptors (Lipinski definition) is 0. The minimum Gasteiger partial charge on any atom is -0.0622 e. The number of benzene rings is 1. The van der Waals surface area contributed by atoms with E-state index in [0.717, 1.165) is 0 Å². The molecule has 9 heavy (non-hydrogen) atoms. The average Bonchev–Trinajstić information content (AvgIpc) is 1.91. The molecule has 1 heteroatoms. The summed E-state index contributed by atoms with van der Waals surface area (Å²) in [6.07, 6.45) is 2.07. The van der Waals surface area contributed by atoms with E-state index < -0.39 is 0 Å². The van der Waals surface area contributed by atoms with E-state index in [9.17, 15) is 0 Å². The van der Waals surface area contributed by atoms with Gasteiger partial charge in [0.2, 0.25) is 0 Å². The van der Waals surface area contributed by atoms with Gasteiger partial charge in [-0.15, -0.1) is 0 Å². The standard InChI is InChI=1S/C8H7I/c9-7-6-8-4-2-1-3-5-8/h1-7H/b7-6+/i9-4. The van der Waals surface area contributed by atoms with Crippen LogP contribution in [0.2, 0.25) is 0 Å². The van der Waals surface area contributed by atoms with Crippen LogP contribution >= 0.6 is 22.6 Å². The van der Waals surface area contributed by atoms with Crippen LogP contribution in [0.1, 0.15) is 5.56 Å². The van der Waals surface area contributed by atoms with Gasteiger partial charge in [-0.3, -0.25) is 0 Å². The van der Waals surface area contributed by atoms with Gasteiger partial charge in [-0.25, -0.2) is 0 Å². The van der Waals surface area contributed by atoms with E-state index >= 15 is 0 Å². The summed E-state index contributed by atoms with van der Waals surface area (Å²) < 4.78 is 2.01. The SMILES string of the molecule is [123I]/C=C/c1ccccc1. The van der Waals surface area contributed by atoms with Crippen molar-refractivity contribution < 1.29 is 0 Å². The average molecular weight is 226 g/mol. The second-order valence-corrected chi connectivity index (χ2v) is 2.42. The Morgan fingerprint density at radius 3 is 2.33 bits per heavy atom. The maximum atomic E-state index is 2.21. The van der Waals surface area contributed by atoms with Gasteiger partial charge >= 0.3 is 0 Å². The van der Waals surface area contributed by atoms with Crippen LogP contribution in [0.3, 0.4) is 0 Å². The van der Waals surface area contributed by atoms with Gasteiger partial charge in [-0.2, -0.15) is 0 Å². The van der Waals surface area contributed by atoms with Crippen molar-refractivity contribution in [1.29, 1.82) is 0 Å². The molecule has 0 aromatic heterocycles. The van der Waals surface area contributed by atoms with Crippen LogP contribution in [0.25, 0.3) is 6.08 Å². The maximum Gasteiger partial charge on any atom is -0.0228 e. The van der Waals surface area contributed by atoms with E-state index in [4.69, 9.17) is 0 Å². The Kier molecular flexibility index (Phi) is 2.77. The Morgan fingerprint density at radius 1 is 1.11 bits per heavy atom. The number of rotatable bonds is 1. The van der Waals surface area contributed by atoms with E-state index in [0.29, 0.717) is 0 Å². The molecule has 0 saturated carbocycles. The van der Waals surface area contributed by atoms with Gasteiger partial charge in [0.15, 0.2) is 0 Å². The highest BCUT2D eigenvalue weighted by molar-refractivity contribution is 14.1. The Balaban J connectivity index is 2.85. The predicted molar refractivity (Wildman–Crippen MR) is 49.5 cm³/mol. The molecule has 0 heterocycles. The van der Waals surface area contributed by atoms with Crippen LogP contribution < -0.4 is 0 Å². The Hall–Kier alpha value is -0.310. The fourth-order valence-electron chi connectivity index (χ4n) is 0.637. The molecular formula is C8H7I. The molecule has 46 valence electrons. The first-order chi connectivity index (χ1) is 4.43. The highest BCUT2D eigenvalue weighted by atomic mass is 123. The number of hydrogen-bond donors (Lipinski definition) is 0. The minimum absolute atomic E-state index is 1.26. The topological polar surface area (TPSA) is 0 Å². The highest BCUT2D eigenvalue weighted by Gasteiger charge is 1.78. The lowest BCUT2D eigenvalue weighted by Crippen LogP contribution is -1.64. The quantitative estimate of drug-likeness (QED) is 0.645. The van der Waals surface area contributed by atoms with Crippen molar-refractivity contribution in [3.05, 3.63) is 40.0 Å². The van der Waals surface area contributed by atoms with Crippen molar-refractivity contribution in [2.24, 2.45) is 0 Å². The van der Waals surface area contributed by atoms with E-state index in [1.807, 2.05) is 22.3 Å². The Morgan fingerprint density at radius 2 is 1.78 bits per heavy atom. The zero-order chi connectivity index (χ0) is 6.53. The molecule has 0 aliphatic carbocycles. The zero-order valence-electron chi connectivity index (χ0n) is 4.92. The van der Waals surface area contributed by atoms with E-state index in [1.165, 1.54) is 5.56 Å². The molecule has 0 fully saturated rings. The fraction of sp³-hybridized carbons (Fsp3) is 0. The highest BCUT2D eigenvalue weighted by Crippen LogP contribution is 2.01. The summed E-state index contributed by atoms with van der Waals surface area (Å²) in [6, 6.07) is 10.2. The summed E-state index contributed by atoms with van der Waals surface area (Å²) in [7, 11) is 0. The third kappa shape index (κ3) is 2.18.